The summed E-state index contributed by atoms with van der Waals surface area (Å²) in [7, 11) is 0. The number of rotatable bonds is 5. The minimum atomic E-state index is 0.113. The Morgan fingerprint density at radius 1 is 1.15 bits per heavy atom. The quantitative estimate of drug-likeness (QED) is 0.791. The molecule has 0 aliphatic heterocycles. The smallest absolute Gasteiger partial charge is 0.152 e. The highest BCUT2D eigenvalue weighted by molar-refractivity contribution is 6.31. The van der Waals surface area contributed by atoms with Crippen LogP contribution in [0.1, 0.15) is 32.8 Å². The molecular formula is C17H21ClN2. The number of hydrogen-bond acceptors (Lipinski definition) is 2. The van der Waals surface area contributed by atoms with Gasteiger partial charge in [-0.05, 0) is 36.5 Å². The zero-order valence-electron chi connectivity index (χ0n) is 12.2. The summed E-state index contributed by atoms with van der Waals surface area (Å²) in [6.07, 6.45) is 2.72. The molecule has 0 bridgehead atoms. The lowest BCUT2D eigenvalue weighted by molar-refractivity contribution is 0.450. The zero-order valence-corrected chi connectivity index (χ0v) is 13.0. The molecule has 0 aliphatic carbocycles. The SMILES string of the molecule is CC(CC(C)(C)c1ccccc1)Nc1cccnc1Cl. The molecule has 20 heavy (non-hydrogen) atoms. The van der Waals surface area contributed by atoms with E-state index in [2.05, 4.69) is 61.4 Å². The first-order valence-electron chi connectivity index (χ1n) is 6.91. The van der Waals surface area contributed by atoms with E-state index in [0.29, 0.717) is 11.2 Å². The Morgan fingerprint density at radius 2 is 1.85 bits per heavy atom. The van der Waals surface area contributed by atoms with Crippen LogP contribution >= 0.6 is 11.6 Å². The van der Waals surface area contributed by atoms with Crippen molar-refractivity contribution in [3.05, 3.63) is 59.4 Å². The van der Waals surface area contributed by atoms with Gasteiger partial charge in [0, 0.05) is 12.2 Å². The Hall–Kier alpha value is -1.54. The molecule has 0 amide bonds. The second-order valence-corrected chi connectivity index (χ2v) is 6.20. The molecule has 0 aliphatic rings. The second kappa shape index (κ2) is 6.27. The van der Waals surface area contributed by atoms with E-state index >= 15 is 0 Å². The Balaban J connectivity index is 2.04. The molecule has 0 radical (unpaired) electrons. The summed E-state index contributed by atoms with van der Waals surface area (Å²) in [4.78, 5) is 4.09. The molecule has 1 aromatic heterocycles. The molecule has 2 rings (SSSR count). The van der Waals surface area contributed by atoms with Gasteiger partial charge in [0.25, 0.3) is 0 Å². The van der Waals surface area contributed by atoms with Gasteiger partial charge in [-0.25, -0.2) is 4.98 Å². The van der Waals surface area contributed by atoms with E-state index in [1.807, 2.05) is 12.1 Å². The Bertz CT molecular complexity index is 552. The monoisotopic (exact) mass is 288 g/mol. The minimum absolute atomic E-state index is 0.113. The van der Waals surface area contributed by atoms with Crippen LogP contribution in [0.25, 0.3) is 0 Å². The van der Waals surface area contributed by atoms with Gasteiger partial charge in [0.15, 0.2) is 5.15 Å². The van der Waals surface area contributed by atoms with Crippen molar-refractivity contribution in [2.45, 2.75) is 38.6 Å². The van der Waals surface area contributed by atoms with Gasteiger partial charge in [0.1, 0.15) is 0 Å². The third-order valence-electron chi connectivity index (χ3n) is 3.53. The van der Waals surface area contributed by atoms with Crippen LogP contribution in [0.15, 0.2) is 48.7 Å². The van der Waals surface area contributed by atoms with E-state index in [9.17, 15) is 0 Å². The van der Waals surface area contributed by atoms with Crippen LogP contribution in [0, 0.1) is 0 Å². The second-order valence-electron chi connectivity index (χ2n) is 5.84. The average Bonchev–Trinajstić information content (AvgIpc) is 2.42. The number of anilines is 1. The summed E-state index contributed by atoms with van der Waals surface area (Å²) >= 11 is 6.08. The maximum Gasteiger partial charge on any atom is 0.152 e. The lowest BCUT2D eigenvalue weighted by atomic mass is 9.79. The Kier molecular flexibility index (Phi) is 4.66. The average molecular weight is 289 g/mol. The topological polar surface area (TPSA) is 24.9 Å². The molecule has 1 heterocycles. The number of aromatic nitrogens is 1. The summed E-state index contributed by atoms with van der Waals surface area (Å²) in [5.41, 5.74) is 2.36. The van der Waals surface area contributed by atoms with Crippen molar-refractivity contribution >= 4 is 17.3 Å². The molecule has 3 heteroatoms. The first-order chi connectivity index (χ1) is 9.49. The molecule has 1 atom stereocenters. The third kappa shape index (κ3) is 3.73. The van der Waals surface area contributed by atoms with Gasteiger partial charge >= 0.3 is 0 Å². The highest BCUT2D eigenvalue weighted by atomic mass is 35.5. The highest BCUT2D eigenvalue weighted by Gasteiger charge is 2.23. The van der Waals surface area contributed by atoms with Crippen molar-refractivity contribution in [1.82, 2.24) is 4.98 Å². The van der Waals surface area contributed by atoms with E-state index in [4.69, 9.17) is 11.6 Å². The molecule has 0 saturated carbocycles. The molecule has 0 spiro atoms. The van der Waals surface area contributed by atoms with Crippen LogP contribution in [-0.2, 0) is 5.41 Å². The Labute approximate surface area is 126 Å². The molecule has 1 aromatic carbocycles. The maximum absolute atomic E-state index is 6.08. The molecule has 1 unspecified atom stereocenters. The standard InChI is InChI=1S/C17H21ClN2/c1-13(20-15-10-7-11-19-16(15)18)12-17(2,3)14-8-5-4-6-9-14/h4-11,13,20H,12H2,1-3H3. The molecular weight excluding hydrogens is 268 g/mol. The number of halogens is 1. The van der Waals surface area contributed by atoms with E-state index in [0.717, 1.165) is 12.1 Å². The molecule has 0 saturated heterocycles. The van der Waals surface area contributed by atoms with E-state index < -0.39 is 0 Å². The third-order valence-corrected chi connectivity index (χ3v) is 3.83. The molecule has 2 aromatic rings. The molecule has 1 N–H and O–H groups in total. The summed E-state index contributed by atoms with van der Waals surface area (Å²) < 4.78 is 0. The lowest BCUT2D eigenvalue weighted by Gasteiger charge is -2.29. The summed E-state index contributed by atoms with van der Waals surface area (Å²) in [5, 5.41) is 3.97. The first-order valence-corrected chi connectivity index (χ1v) is 7.29. The number of hydrogen-bond donors (Lipinski definition) is 1. The predicted octanol–water partition coefficient (Wildman–Crippen LogP) is 4.90. The van der Waals surface area contributed by atoms with Gasteiger partial charge in [-0.3, -0.25) is 0 Å². The summed E-state index contributed by atoms with van der Waals surface area (Å²) in [6.45, 7) is 6.71. The number of benzene rings is 1. The molecule has 106 valence electrons. The maximum atomic E-state index is 6.08. The highest BCUT2D eigenvalue weighted by Crippen LogP contribution is 2.29. The van der Waals surface area contributed by atoms with E-state index in [1.54, 1.807) is 6.20 Å². The van der Waals surface area contributed by atoms with Gasteiger partial charge < -0.3 is 5.32 Å². The summed E-state index contributed by atoms with van der Waals surface area (Å²) in [5.74, 6) is 0. The largest absolute Gasteiger partial charge is 0.380 e. The van der Waals surface area contributed by atoms with Gasteiger partial charge in [-0.1, -0.05) is 55.8 Å². The van der Waals surface area contributed by atoms with Crippen molar-refractivity contribution in [2.75, 3.05) is 5.32 Å². The van der Waals surface area contributed by atoms with Gasteiger partial charge in [0.05, 0.1) is 5.69 Å². The number of nitrogens with one attached hydrogen (secondary N) is 1. The Morgan fingerprint density at radius 3 is 2.50 bits per heavy atom. The first kappa shape index (κ1) is 14.9. The fourth-order valence-corrected chi connectivity index (χ4v) is 2.76. The van der Waals surface area contributed by atoms with E-state index in [1.165, 1.54) is 5.56 Å². The van der Waals surface area contributed by atoms with Crippen LogP contribution in [-0.4, -0.2) is 11.0 Å². The lowest BCUT2D eigenvalue weighted by Crippen LogP contribution is -2.27. The van der Waals surface area contributed by atoms with Gasteiger partial charge in [0.2, 0.25) is 0 Å². The number of pyridine rings is 1. The zero-order chi connectivity index (χ0) is 14.6. The number of nitrogens with zero attached hydrogens (tertiary/aromatic N) is 1. The minimum Gasteiger partial charge on any atom is -0.380 e. The fraction of sp³-hybridized carbons (Fsp3) is 0.353. The normalized spacial score (nSPS) is 13.0. The fourth-order valence-electron chi connectivity index (χ4n) is 2.58. The van der Waals surface area contributed by atoms with Crippen LogP contribution in [0.2, 0.25) is 5.15 Å². The van der Waals surface area contributed by atoms with Crippen LogP contribution in [0.4, 0.5) is 5.69 Å². The van der Waals surface area contributed by atoms with Crippen molar-refractivity contribution in [1.29, 1.82) is 0 Å². The van der Waals surface area contributed by atoms with Gasteiger partial charge in [-0.2, -0.15) is 0 Å². The van der Waals surface area contributed by atoms with Crippen molar-refractivity contribution < 1.29 is 0 Å². The van der Waals surface area contributed by atoms with Crippen molar-refractivity contribution in [3.63, 3.8) is 0 Å². The van der Waals surface area contributed by atoms with Crippen molar-refractivity contribution in [3.8, 4) is 0 Å². The summed E-state index contributed by atoms with van der Waals surface area (Å²) in [6, 6.07) is 14.8. The molecule has 0 fully saturated rings. The van der Waals surface area contributed by atoms with Gasteiger partial charge in [-0.15, -0.1) is 0 Å². The van der Waals surface area contributed by atoms with Crippen molar-refractivity contribution in [2.24, 2.45) is 0 Å². The van der Waals surface area contributed by atoms with Crippen LogP contribution in [0.5, 0.6) is 0 Å². The van der Waals surface area contributed by atoms with E-state index in [-0.39, 0.29) is 5.41 Å². The predicted molar refractivity (Wildman–Crippen MR) is 86.4 cm³/mol. The van der Waals surface area contributed by atoms with Crippen LogP contribution < -0.4 is 5.32 Å². The molecule has 2 nitrogen and oxygen atoms in total. The van der Waals surface area contributed by atoms with Crippen LogP contribution in [0.3, 0.4) is 0 Å².